The molecule has 2 fully saturated rings. The molecular formula is C32H49F3N6O6. The fourth-order valence-corrected chi connectivity index (χ4v) is 5.96. The molecule has 5 N–H and O–H groups in total. The van der Waals surface area contributed by atoms with E-state index in [1.165, 1.54) is 11.0 Å². The van der Waals surface area contributed by atoms with Crippen LogP contribution in [0.15, 0.2) is 24.8 Å². The number of hydrogen-bond donors (Lipinski definition) is 5. The van der Waals surface area contributed by atoms with Gasteiger partial charge in [0.05, 0.1) is 6.04 Å². The van der Waals surface area contributed by atoms with Gasteiger partial charge >= 0.3 is 12.2 Å². The number of fused-ring (bicyclic) bond motifs is 1. The van der Waals surface area contributed by atoms with Gasteiger partial charge in [-0.15, -0.1) is 6.58 Å². The van der Waals surface area contributed by atoms with Crippen LogP contribution in [-0.2, 0) is 24.0 Å². The van der Waals surface area contributed by atoms with Crippen LogP contribution in [-0.4, -0.2) is 89.8 Å². The van der Waals surface area contributed by atoms with Crippen molar-refractivity contribution in [2.24, 2.45) is 22.7 Å². The maximum atomic E-state index is 14.1. The summed E-state index contributed by atoms with van der Waals surface area (Å²) < 4.78 is 39.4. The number of ketones is 1. The zero-order valence-electron chi connectivity index (χ0n) is 28.4. The van der Waals surface area contributed by atoms with Gasteiger partial charge in [0.25, 0.3) is 5.91 Å². The standard InChI is InChI=1S/C32H49F3N6O6/c1-11-14-36-27(45)23(42)19(12-13-32(33,34)35)38-26(44)22-20-18(31(20,9)10)15-41(22)28(46)24(30(6,7)8)40-29(47)39-21(16(2)3)25(43)37-17(4)5/h11,17-22,24H,1-2,12-15H2,3-10H3,(H,36,45)(H,37,43)(H,38,44)(H2,39,40,47)/t18-,19?,20-,21-,22-,24+/m0/s1. The molecule has 1 aliphatic heterocycles. The van der Waals surface area contributed by atoms with Crippen molar-refractivity contribution in [2.45, 2.75) is 105 Å². The van der Waals surface area contributed by atoms with Crippen LogP contribution in [0, 0.1) is 22.7 Å². The maximum Gasteiger partial charge on any atom is 0.389 e. The number of halogens is 3. The van der Waals surface area contributed by atoms with Gasteiger partial charge in [0.15, 0.2) is 0 Å². The van der Waals surface area contributed by atoms with Gasteiger partial charge in [-0.2, -0.15) is 13.2 Å². The molecule has 2 aliphatic rings. The molecule has 1 saturated heterocycles. The van der Waals surface area contributed by atoms with E-state index in [-0.39, 0.29) is 31.0 Å². The van der Waals surface area contributed by atoms with E-state index in [4.69, 9.17) is 0 Å². The Bertz CT molecular complexity index is 1270. The summed E-state index contributed by atoms with van der Waals surface area (Å²) in [6.07, 6.45) is -5.70. The van der Waals surface area contributed by atoms with Crippen molar-refractivity contribution in [1.29, 1.82) is 0 Å². The molecule has 0 bridgehead atoms. The number of piperidine rings is 1. The predicted octanol–water partition coefficient (Wildman–Crippen LogP) is 2.35. The van der Waals surface area contributed by atoms with Crippen LogP contribution in [0.2, 0.25) is 0 Å². The summed E-state index contributed by atoms with van der Waals surface area (Å²) in [7, 11) is 0. The van der Waals surface area contributed by atoms with E-state index in [9.17, 15) is 41.9 Å². The summed E-state index contributed by atoms with van der Waals surface area (Å²) >= 11 is 0. The van der Waals surface area contributed by atoms with Gasteiger partial charge in [0.2, 0.25) is 23.5 Å². The van der Waals surface area contributed by atoms with Crippen LogP contribution in [0.25, 0.3) is 0 Å². The summed E-state index contributed by atoms with van der Waals surface area (Å²) in [5, 5.41) is 12.4. The Labute approximate surface area is 274 Å². The number of hydrogen-bond acceptors (Lipinski definition) is 6. The molecule has 1 heterocycles. The minimum absolute atomic E-state index is 0.113. The van der Waals surface area contributed by atoms with Crippen LogP contribution in [0.5, 0.6) is 0 Å². The van der Waals surface area contributed by atoms with Crippen molar-refractivity contribution in [3.63, 3.8) is 0 Å². The molecule has 0 aromatic carbocycles. The maximum absolute atomic E-state index is 14.1. The number of carbonyl (C=O) groups is 6. The first-order valence-corrected chi connectivity index (χ1v) is 15.6. The van der Waals surface area contributed by atoms with Gasteiger partial charge in [-0.1, -0.05) is 47.3 Å². The summed E-state index contributed by atoms with van der Waals surface area (Å²) in [5.74, 6) is -4.96. The van der Waals surface area contributed by atoms with E-state index in [1.54, 1.807) is 41.5 Å². The number of likely N-dealkylation sites (tertiary alicyclic amines) is 1. The number of Topliss-reactive ketones (excluding diaryl/α,β-unsaturated/α-hetero) is 1. The number of nitrogens with one attached hydrogen (secondary N) is 5. The Hall–Kier alpha value is -3.91. The van der Waals surface area contributed by atoms with Crippen molar-refractivity contribution in [3.05, 3.63) is 24.8 Å². The lowest BCUT2D eigenvalue weighted by Gasteiger charge is -2.38. The molecule has 1 saturated carbocycles. The Kier molecular flexibility index (Phi) is 12.4. The number of rotatable bonds is 14. The molecule has 6 amide bonds. The molecular weight excluding hydrogens is 621 g/mol. The van der Waals surface area contributed by atoms with Crippen LogP contribution in [0.1, 0.15) is 68.2 Å². The zero-order valence-corrected chi connectivity index (χ0v) is 28.4. The second-order valence-corrected chi connectivity index (χ2v) is 14.3. The van der Waals surface area contributed by atoms with Gasteiger partial charge in [-0.3, -0.25) is 24.0 Å². The largest absolute Gasteiger partial charge is 0.389 e. The molecule has 0 spiro atoms. The molecule has 47 heavy (non-hydrogen) atoms. The predicted molar refractivity (Wildman–Crippen MR) is 168 cm³/mol. The average Bonchev–Trinajstić information content (AvgIpc) is 3.25. The SMILES string of the molecule is C=CCNC(=O)C(=O)C(CCC(F)(F)F)NC(=O)[C@@H]1[C@@H]2[C@H](CN1C(=O)[C@@H](NC(=O)N[C@@H](C(=C)C)C(=O)NC(C)C)C(C)(C)C)C2(C)C. The molecule has 1 aliphatic carbocycles. The van der Waals surface area contributed by atoms with Crippen LogP contribution in [0.3, 0.4) is 0 Å². The van der Waals surface area contributed by atoms with E-state index in [0.29, 0.717) is 5.57 Å². The first-order chi connectivity index (χ1) is 21.4. The van der Waals surface area contributed by atoms with Crippen molar-refractivity contribution in [1.82, 2.24) is 31.5 Å². The van der Waals surface area contributed by atoms with E-state index >= 15 is 0 Å². The highest BCUT2D eigenvalue weighted by molar-refractivity contribution is 6.38. The molecule has 6 atom stereocenters. The number of urea groups is 1. The lowest BCUT2D eigenvalue weighted by Crippen LogP contribution is -2.62. The van der Waals surface area contributed by atoms with E-state index in [0.717, 1.165) is 0 Å². The fraction of sp³-hybridized carbons (Fsp3) is 0.688. The highest BCUT2D eigenvalue weighted by atomic mass is 19.4. The number of nitrogens with zero attached hydrogens (tertiary/aromatic N) is 1. The van der Waals surface area contributed by atoms with Crippen LogP contribution in [0.4, 0.5) is 18.0 Å². The Morgan fingerprint density at radius 1 is 1.00 bits per heavy atom. The van der Waals surface area contributed by atoms with Gasteiger partial charge in [0, 0.05) is 25.6 Å². The summed E-state index contributed by atoms with van der Waals surface area (Å²) in [6, 6.07) is -6.33. The minimum atomic E-state index is -4.66. The lowest BCUT2D eigenvalue weighted by atomic mass is 9.85. The third-order valence-corrected chi connectivity index (χ3v) is 8.59. The molecule has 12 nitrogen and oxygen atoms in total. The molecule has 2 rings (SSSR count). The molecule has 264 valence electrons. The third kappa shape index (κ3) is 10.0. The topological polar surface area (TPSA) is 166 Å². The highest BCUT2D eigenvalue weighted by Gasteiger charge is 2.70. The van der Waals surface area contributed by atoms with E-state index in [2.05, 4.69) is 39.7 Å². The number of carbonyl (C=O) groups excluding carboxylic acids is 6. The fourth-order valence-electron chi connectivity index (χ4n) is 5.96. The van der Waals surface area contributed by atoms with Gasteiger partial charge in [-0.25, -0.2) is 4.79 Å². The smallest absolute Gasteiger partial charge is 0.352 e. The van der Waals surface area contributed by atoms with Gasteiger partial charge in [-0.05, 0) is 55.4 Å². The molecule has 15 heteroatoms. The first-order valence-electron chi connectivity index (χ1n) is 15.6. The van der Waals surface area contributed by atoms with E-state index in [1.807, 2.05) is 13.8 Å². The lowest BCUT2D eigenvalue weighted by molar-refractivity contribution is -0.148. The van der Waals surface area contributed by atoms with Crippen LogP contribution >= 0.6 is 0 Å². The van der Waals surface area contributed by atoms with Crippen LogP contribution < -0.4 is 26.6 Å². The zero-order chi connectivity index (χ0) is 36.2. The highest BCUT2D eigenvalue weighted by Crippen LogP contribution is 2.65. The second-order valence-electron chi connectivity index (χ2n) is 14.3. The normalized spacial score (nSPS) is 21.8. The monoisotopic (exact) mass is 670 g/mol. The molecule has 1 unspecified atom stereocenters. The minimum Gasteiger partial charge on any atom is -0.352 e. The molecule has 0 aromatic rings. The number of alkyl halides is 3. The summed E-state index contributed by atoms with van der Waals surface area (Å²) in [6.45, 7) is 21.1. The van der Waals surface area contributed by atoms with Gasteiger partial charge in [0.1, 0.15) is 18.1 Å². The Morgan fingerprint density at radius 3 is 2.09 bits per heavy atom. The number of amides is 6. The van der Waals surface area contributed by atoms with Crippen molar-refractivity contribution in [3.8, 4) is 0 Å². The van der Waals surface area contributed by atoms with Gasteiger partial charge < -0.3 is 31.5 Å². The third-order valence-electron chi connectivity index (χ3n) is 8.59. The van der Waals surface area contributed by atoms with Crippen molar-refractivity contribution >= 4 is 35.4 Å². The Morgan fingerprint density at radius 2 is 1.60 bits per heavy atom. The van der Waals surface area contributed by atoms with Crippen molar-refractivity contribution in [2.75, 3.05) is 13.1 Å². The van der Waals surface area contributed by atoms with Crippen molar-refractivity contribution < 1.29 is 41.9 Å². The molecule has 0 aromatic heterocycles. The quantitative estimate of drug-likeness (QED) is 0.141. The molecule has 0 radical (unpaired) electrons. The average molecular weight is 671 g/mol. The second kappa shape index (κ2) is 14.9. The Balaban J connectivity index is 2.36. The first kappa shape index (κ1) is 39.3. The summed E-state index contributed by atoms with van der Waals surface area (Å²) in [4.78, 5) is 80.2. The van der Waals surface area contributed by atoms with E-state index < -0.39 is 89.5 Å². The summed E-state index contributed by atoms with van der Waals surface area (Å²) in [5.41, 5.74) is -0.944.